The van der Waals surface area contributed by atoms with Crippen molar-refractivity contribution in [3.63, 3.8) is 0 Å². The number of hydrogen-bond donors (Lipinski definition) is 1. The Morgan fingerprint density at radius 3 is 2.65 bits per heavy atom. The number of furan rings is 1. The van der Waals surface area contributed by atoms with Crippen molar-refractivity contribution >= 4 is 29.6 Å². The number of carbonyl (C=O) groups is 1. The van der Waals surface area contributed by atoms with Crippen LogP contribution in [0.15, 0.2) is 86.2 Å². The summed E-state index contributed by atoms with van der Waals surface area (Å²) in [6.07, 6.45) is 1.49. The second-order valence-corrected chi connectivity index (χ2v) is 6.79. The van der Waals surface area contributed by atoms with Gasteiger partial charge in [0.2, 0.25) is 0 Å². The normalized spacial score (nSPS) is 10.8. The number of rotatable bonds is 6. The molecule has 0 unspecified atom stereocenters. The Labute approximate surface area is 156 Å². The molecule has 0 bridgehead atoms. The highest BCUT2D eigenvalue weighted by atomic mass is 32.2. The number of nitrogens with one attached hydrogen (secondary N) is 1. The highest BCUT2D eigenvalue weighted by molar-refractivity contribution is 7.99. The highest BCUT2D eigenvalue weighted by Crippen LogP contribution is 2.28. The van der Waals surface area contributed by atoms with Crippen molar-refractivity contribution in [2.24, 2.45) is 5.10 Å². The molecule has 3 aromatic rings. The van der Waals surface area contributed by atoms with Gasteiger partial charge < -0.3 is 9.32 Å². The molecule has 1 aromatic heterocycles. The van der Waals surface area contributed by atoms with Crippen molar-refractivity contribution in [2.45, 2.75) is 9.99 Å². The fourth-order valence-electron chi connectivity index (χ4n) is 2.21. The van der Waals surface area contributed by atoms with Crippen LogP contribution in [0.1, 0.15) is 16.1 Å². The summed E-state index contributed by atoms with van der Waals surface area (Å²) in [7, 11) is 3.86. The first kappa shape index (κ1) is 17.8. The van der Waals surface area contributed by atoms with Crippen molar-refractivity contribution in [2.75, 3.05) is 19.0 Å². The molecule has 0 aliphatic rings. The maximum Gasteiger partial charge on any atom is 0.271 e. The van der Waals surface area contributed by atoms with Gasteiger partial charge in [0.25, 0.3) is 5.91 Å². The van der Waals surface area contributed by atoms with Gasteiger partial charge in [-0.25, -0.2) is 5.43 Å². The largest absolute Gasteiger partial charge is 0.448 e. The lowest BCUT2D eigenvalue weighted by atomic mass is 10.2. The number of carbonyl (C=O) groups excluding carboxylic acids is 1. The van der Waals surface area contributed by atoms with Crippen LogP contribution in [-0.2, 0) is 0 Å². The lowest BCUT2D eigenvalue weighted by Gasteiger charge is -2.12. The fourth-order valence-corrected chi connectivity index (χ4v) is 3.01. The summed E-state index contributed by atoms with van der Waals surface area (Å²) >= 11 is 1.53. The average molecular weight is 365 g/mol. The third-order valence-electron chi connectivity index (χ3n) is 3.55. The van der Waals surface area contributed by atoms with Gasteiger partial charge in [-0.3, -0.25) is 4.79 Å². The molecule has 6 heteroatoms. The van der Waals surface area contributed by atoms with Gasteiger partial charge in [0.15, 0.2) is 5.09 Å². The molecule has 1 N–H and O–H groups in total. The zero-order valence-corrected chi connectivity index (χ0v) is 15.4. The Bertz CT molecular complexity index is 904. The molecule has 0 saturated heterocycles. The smallest absolute Gasteiger partial charge is 0.271 e. The minimum atomic E-state index is -0.268. The van der Waals surface area contributed by atoms with Crippen LogP contribution in [0.25, 0.3) is 0 Å². The summed E-state index contributed by atoms with van der Waals surface area (Å²) in [5.74, 6) is 0.307. The number of hydrazone groups is 1. The number of benzene rings is 2. The highest BCUT2D eigenvalue weighted by Gasteiger charge is 2.06. The molecule has 2 aromatic carbocycles. The van der Waals surface area contributed by atoms with Gasteiger partial charge >= 0.3 is 0 Å². The second kappa shape index (κ2) is 8.40. The Morgan fingerprint density at radius 2 is 1.88 bits per heavy atom. The van der Waals surface area contributed by atoms with E-state index in [-0.39, 0.29) is 5.91 Å². The van der Waals surface area contributed by atoms with Crippen LogP contribution in [0, 0.1) is 0 Å². The quantitative estimate of drug-likeness (QED) is 0.524. The van der Waals surface area contributed by atoms with E-state index in [9.17, 15) is 4.79 Å². The summed E-state index contributed by atoms with van der Waals surface area (Å²) in [5, 5.41) is 4.74. The van der Waals surface area contributed by atoms with Crippen LogP contribution in [0.3, 0.4) is 0 Å². The van der Waals surface area contributed by atoms with E-state index >= 15 is 0 Å². The molecule has 0 radical (unpaired) electrons. The molecule has 1 amide bonds. The van der Waals surface area contributed by atoms with E-state index in [2.05, 4.69) is 10.5 Å². The van der Waals surface area contributed by atoms with Gasteiger partial charge in [-0.1, -0.05) is 36.0 Å². The van der Waals surface area contributed by atoms with Crippen molar-refractivity contribution in [1.82, 2.24) is 5.43 Å². The van der Waals surface area contributed by atoms with E-state index < -0.39 is 0 Å². The summed E-state index contributed by atoms with van der Waals surface area (Å²) in [6, 6.07) is 21.0. The van der Waals surface area contributed by atoms with E-state index in [1.54, 1.807) is 6.07 Å². The average Bonchev–Trinajstić information content (AvgIpc) is 3.09. The molecule has 5 nitrogen and oxygen atoms in total. The molecule has 0 fully saturated rings. The van der Waals surface area contributed by atoms with Gasteiger partial charge in [-0.15, -0.1) is 0 Å². The predicted molar refractivity (Wildman–Crippen MR) is 105 cm³/mol. The van der Waals surface area contributed by atoms with Crippen LogP contribution in [0.4, 0.5) is 5.69 Å². The molecule has 0 atom stereocenters. The van der Waals surface area contributed by atoms with Crippen molar-refractivity contribution in [3.8, 4) is 0 Å². The SMILES string of the molecule is CN(C)c1cccc(C(=O)N/N=C\c2ccc(Sc3ccccc3)o2)c1. The summed E-state index contributed by atoms with van der Waals surface area (Å²) in [5.41, 5.74) is 4.02. The van der Waals surface area contributed by atoms with Gasteiger partial charge in [-0.05, 0) is 42.5 Å². The maximum absolute atomic E-state index is 12.2. The zero-order valence-electron chi connectivity index (χ0n) is 14.5. The number of anilines is 1. The molecular weight excluding hydrogens is 346 g/mol. The van der Waals surface area contributed by atoms with Crippen LogP contribution < -0.4 is 10.3 Å². The van der Waals surface area contributed by atoms with Crippen LogP contribution in [-0.4, -0.2) is 26.2 Å². The van der Waals surface area contributed by atoms with Crippen molar-refractivity contribution in [3.05, 3.63) is 78.1 Å². The number of nitrogens with zero attached hydrogens (tertiary/aromatic N) is 2. The Balaban J connectivity index is 1.59. The maximum atomic E-state index is 12.2. The Kier molecular flexibility index (Phi) is 5.76. The fraction of sp³-hybridized carbons (Fsp3) is 0.100. The third-order valence-corrected chi connectivity index (χ3v) is 4.47. The molecule has 132 valence electrons. The van der Waals surface area contributed by atoms with E-state index in [4.69, 9.17) is 4.42 Å². The van der Waals surface area contributed by atoms with Crippen LogP contribution in [0.2, 0.25) is 0 Å². The third kappa shape index (κ3) is 4.77. The molecular formula is C20H19N3O2S. The van der Waals surface area contributed by atoms with E-state index in [1.165, 1.54) is 18.0 Å². The van der Waals surface area contributed by atoms with E-state index in [1.807, 2.05) is 79.7 Å². The molecule has 0 saturated carbocycles. The predicted octanol–water partition coefficient (Wildman–Crippen LogP) is 4.26. The minimum Gasteiger partial charge on any atom is -0.448 e. The molecule has 0 spiro atoms. The van der Waals surface area contributed by atoms with Crippen LogP contribution >= 0.6 is 11.8 Å². The van der Waals surface area contributed by atoms with Crippen LogP contribution in [0.5, 0.6) is 0 Å². The minimum absolute atomic E-state index is 0.268. The van der Waals surface area contributed by atoms with E-state index in [0.29, 0.717) is 11.3 Å². The molecule has 26 heavy (non-hydrogen) atoms. The summed E-state index contributed by atoms with van der Waals surface area (Å²) in [4.78, 5) is 15.2. The molecule has 3 rings (SSSR count). The lowest BCUT2D eigenvalue weighted by molar-refractivity contribution is 0.0955. The molecule has 0 aliphatic carbocycles. The first-order valence-electron chi connectivity index (χ1n) is 8.05. The van der Waals surface area contributed by atoms with E-state index in [0.717, 1.165) is 15.7 Å². The van der Waals surface area contributed by atoms with Crippen molar-refractivity contribution in [1.29, 1.82) is 0 Å². The van der Waals surface area contributed by atoms with Crippen molar-refractivity contribution < 1.29 is 9.21 Å². The first-order chi connectivity index (χ1) is 12.6. The molecule has 1 heterocycles. The topological polar surface area (TPSA) is 57.8 Å². The Hall–Kier alpha value is -2.99. The van der Waals surface area contributed by atoms with Gasteiger partial charge in [0.05, 0.1) is 6.21 Å². The monoisotopic (exact) mass is 365 g/mol. The molecule has 0 aliphatic heterocycles. The van der Waals surface area contributed by atoms with Gasteiger partial charge in [0, 0.05) is 30.2 Å². The second-order valence-electron chi connectivity index (χ2n) is 5.72. The number of hydrogen-bond acceptors (Lipinski definition) is 5. The van der Waals surface area contributed by atoms with Gasteiger partial charge in [-0.2, -0.15) is 5.10 Å². The standard InChI is InChI=1S/C20H19N3O2S/c1-23(2)16-8-6-7-15(13-16)20(24)22-21-14-17-11-12-19(25-17)26-18-9-4-3-5-10-18/h3-14H,1-2H3,(H,22,24)/b21-14-. The Morgan fingerprint density at radius 1 is 1.08 bits per heavy atom. The number of amides is 1. The van der Waals surface area contributed by atoms with Gasteiger partial charge in [0.1, 0.15) is 5.76 Å². The lowest BCUT2D eigenvalue weighted by Crippen LogP contribution is -2.18. The summed E-state index contributed by atoms with van der Waals surface area (Å²) < 4.78 is 5.68. The zero-order chi connectivity index (χ0) is 18.4. The summed E-state index contributed by atoms with van der Waals surface area (Å²) in [6.45, 7) is 0. The first-order valence-corrected chi connectivity index (χ1v) is 8.87.